The van der Waals surface area contributed by atoms with Crippen molar-refractivity contribution in [1.29, 1.82) is 0 Å². The third-order valence-electron chi connectivity index (χ3n) is 4.47. The van der Waals surface area contributed by atoms with E-state index in [4.69, 9.17) is 14.6 Å². The van der Waals surface area contributed by atoms with Gasteiger partial charge in [-0.1, -0.05) is 13.0 Å². The largest absolute Gasteiger partial charge is 0.496 e. The lowest BCUT2D eigenvalue weighted by Crippen LogP contribution is -2.28. The molecule has 4 nitrogen and oxygen atoms in total. The number of benzene rings is 1. The Labute approximate surface area is 165 Å². The molecule has 0 unspecified atom stereocenters. The number of methoxy groups -OCH3 is 1. The SMILES string of the molecule is CCC(=C(F)C=CC(C)=CC(=O)O)c1cc2c(cc1OC)OC(C)(C)C=C2C. The van der Waals surface area contributed by atoms with Crippen LogP contribution < -0.4 is 9.47 Å². The maximum Gasteiger partial charge on any atom is 0.328 e. The van der Waals surface area contributed by atoms with Crippen molar-refractivity contribution in [2.24, 2.45) is 0 Å². The van der Waals surface area contributed by atoms with Crippen LogP contribution in [0.25, 0.3) is 11.1 Å². The number of halogens is 1. The van der Waals surface area contributed by atoms with Crippen LogP contribution in [0.5, 0.6) is 11.5 Å². The highest BCUT2D eigenvalue weighted by molar-refractivity contribution is 5.82. The van der Waals surface area contributed by atoms with Gasteiger partial charge in [0.05, 0.1) is 7.11 Å². The molecule has 0 spiro atoms. The second kappa shape index (κ2) is 8.46. The lowest BCUT2D eigenvalue weighted by molar-refractivity contribution is -0.131. The fraction of sp³-hybridized carbons (Fsp3) is 0.348. The summed E-state index contributed by atoms with van der Waals surface area (Å²) in [7, 11) is 1.54. The number of aliphatic carboxylic acids is 1. The monoisotopic (exact) mass is 386 g/mol. The Bertz CT molecular complexity index is 901. The minimum absolute atomic E-state index is 0.422. The van der Waals surface area contributed by atoms with Gasteiger partial charge in [0.2, 0.25) is 0 Å². The second-order valence-electron chi connectivity index (χ2n) is 7.32. The van der Waals surface area contributed by atoms with Crippen LogP contribution in [0.15, 0.2) is 47.8 Å². The van der Waals surface area contributed by atoms with E-state index in [9.17, 15) is 9.18 Å². The molecule has 0 fully saturated rings. The fourth-order valence-electron chi connectivity index (χ4n) is 3.31. The zero-order chi connectivity index (χ0) is 21.1. The van der Waals surface area contributed by atoms with Crippen LogP contribution in [0.3, 0.4) is 0 Å². The van der Waals surface area contributed by atoms with E-state index in [0.29, 0.717) is 34.6 Å². The Hall–Kier alpha value is -2.82. The minimum atomic E-state index is -1.07. The summed E-state index contributed by atoms with van der Waals surface area (Å²) in [5.41, 5.74) is 3.12. The molecule has 0 bridgehead atoms. The molecule has 0 aromatic heterocycles. The number of hydrogen-bond donors (Lipinski definition) is 1. The van der Waals surface area contributed by atoms with E-state index in [-0.39, 0.29) is 0 Å². The van der Waals surface area contributed by atoms with E-state index in [2.05, 4.69) is 0 Å². The van der Waals surface area contributed by atoms with E-state index >= 15 is 0 Å². The highest BCUT2D eigenvalue weighted by atomic mass is 19.1. The summed E-state index contributed by atoms with van der Waals surface area (Å²) in [5, 5.41) is 8.78. The van der Waals surface area contributed by atoms with Gasteiger partial charge in [-0.15, -0.1) is 0 Å². The van der Waals surface area contributed by atoms with Crippen LogP contribution in [0.4, 0.5) is 4.39 Å². The van der Waals surface area contributed by atoms with E-state index in [1.807, 2.05) is 39.8 Å². The van der Waals surface area contributed by atoms with Crippen molar-refractivity contribution in [2.45, 2.75) is 46.6 Å². The van der Waals surface area contributed by atoms with Crippen molar-refractivity contribution in [3.05, 3.63) is 59.0 Å². The number of carbonyl (C=O) groups is 1. The zero-order valence-electron chi connectivity index (χ0n) is 17.2. The van der Waals surface area contributed by atoms with Crippen molar-refractivity contribution >= 4 is 17.1 Å². The van der Waals surface area contributed by atoms with Crippen LogP contribution in [-0.4, -0.2) is 23.8 Å². The van der Waals surface area contributed by atoms with Crippen LogP contribution in [0, 0.1) is 0 Å². The van der Waals surface area contributed by atoms with Crippen molar-refractivity contribution < 1.29 is 23.8 Å². The Morgan fingerprint density at radius 1 is 1.32 bits per heavy atom. The topological polar surface area (TPSA) is 55.8 Å². The number of fused-ring (bicyclic) bond motifs is 1. The molecule has 0 saturated heterocycles. The summed E-state index contributed by atoms with van der Waals surface area (Å²) in [4.78, 5) is 10.7. The molecular formula is C23H27FO4. The highest BCUT2D eigenvalue weighted by Gasteiger charge is 2.27. The molecule has 1 aromatic carbocycles. The molecule has 0 aliphatic carbocycles. The molecule has 1 heterocycles. The van der Waals surface area contributed by atoms with Gasteiger partial charge in [0.25, 0.3) is 0 Å². The maximum atomic E-state index is 14.9. The van der Waals surface area contributed by atoms with Gasteiger partial charge in [-0.05, 0) is 69.1 Å². The molecule has 150 valence electrons. The average Bonchev–Trinajstić information content (AvgIpc) is 2.59. The summed E-state index contributed by atoms with van der Waals surface area (Å²) in [5.74, 6) is -0.263. The summed E-state index contributed by atoms with van der Waals surface area (Å²) in [6.45, 7) is 9.44. The number of hydrogen-bond acceptors (Lipinski definition) is 3. The quantitative estimate of drug-likeness (QED) is 0.485. The number of carboxylic acid groups (broad SMARTS) is 1. The number of rotatable bonds is 6. The maximum absolute atomic E-state index is 14.9. The molecule has 2 rings (SSSR count). The van der Waals surface area contributed by atoms with E-state index in [1.54, 1.807) is 20.1 Å². The first-order valence-corrected chi connectivity index (χ1v) is 9.17. The molecular weight excluding hydrogens is 359 g/mol. The highest BCUT2D eigenvalue weighted by Crippen LogP contribution is 2.43. The van der Waals surface area contributed by atoms with Gasteiger partial charge in [0.15, 0.2) is 0 Å². The first-order chi connectivity index (χ1) is 13.1. The first kappa shape index (κ1) is 21.5. The predicted octanol–water partition coefficient (Wildman–Crippen LogP) is 5.95. The van der Waals surface area contributed by atoms with Gasteiger partial charge in [-0.3, -0.25) is 0 Å². The zero-order valence-corrected chi connectivity index (χ0v) is 17.2. The smallest absolute Gasteiger partial charge is 0.328 e. The van der Waals surface area contributed by atoms with E-state index in [0.717, 1.165) is 17.2 Å². The van der Waals surface area contributed by atoms with Crippen LogP contribution in [0.2, 0.25) is 0 Å². The van der Waals surface area contributed by atoms with E-state index < -0.39 is 17.4 Å². The van der Waals surface area contributed by atoms with Crippen LogP contribution in [0.1, 0.15) is 52.2 Å². The summed E-state index contributed by atoms with van der Waals surface area (Å²) >= 11 is 0. The summed E-state index contributed by atoms with van der Waals surface area (Å²) in [6, 6.07) is 3.69. The van der Waals surface area contributed by atoms with E-state index in [1.165, 1.54) is 12.2 Å². The molecule has 0 atom stereocenters. The molecule has 1 aliphatic heterocycles. The Balaban J connectivity index is 2.57. The van der Waals surface area contributed by atoms with Gasteiger partial charge in [0.1, 0.15) is 22.9 Å². The van der Waals surface area contributed by atoms with Crippen molar-refractivity contribution in [3.63, 3.8) is 0 Å². The van der Waals surface area contributed by atoms with Crippen LogP contribution >= 0.6 is 0 Å². The average molecular weight is 386 g/mol. The third kappa shape index (κ3) is 4.91. The first-order valence-electron chi connectivity index (χ1n) is 9.17. The number of allylic oxidation sites excluding steroid dienone is 6. The lowest BCUT2D eigenvalue weighted by atomic mass is 9.91. The normalized spacial score (nSPS) is 16.8. The molecule has 0 amide bonds. The molecule has 1 aliphatic rings. The van der Waals surface area contributed by atoms with Gasteiger partial charge < -0.3 is 14.6 Å². The molecule has 5 heteroatoms. The third-order valence-corrected chi connectivity index (χ3v) is 4.47. The molecule has 1 N–H and O–H groups in total. The van der Waals surface area contributed by atoms with Gasteiger partial charge >= 0.3 is 5.97 Å². The lowest BCUT2D eigenvalue weighted by Gasteiger charge is -2.31. The second-order valence-corrected chi connectivity index (χ2v) is 7.32. The van der Waals surface area contributed by atoms with Gasteiger partial charge in [-0.2, -0.15) is 0 Å². The van der Waals surface area contributed by atoms with Crippen molar-refractivity contribution in [2.75, 3.05) is 7.11 Å². The Morgan fingerprint density at radius 2 is 2.00 bits per heavy atom. The summed E-state index contributed by atoms with van der Waals surface area (Å²) < 4.78 is 26.5. The molecule has 28 heavy (non-hydrogen) atoms. The van der Waals surface area contributed by atoms with Crippen LogP contribution in [-0.2, 0) is 4.79 Å². The summed E-state index contributed by atoms with van der Waals surface area (Å²) in [6.07, 6.45) is 6.25. The molecule has 0 saturated carbocycles. The minimum Gasteiger partial charge on any atom is -0.496 e. The Kier molecular flexibility index (Phi) is 6.49. The fourth-order valence-corrected chi connectivity index (χ4v) is 3.31. The van der Waals surface area contributed by atoms with Gasteiger partial charge in [-0.25, -0.2) is 9.18 Å². The molecule has 1 aromatic rings. The number of carboxylic acids is 1. The predicted molar refractivity (Wildman–Crippen MR) is 110 cm³/mol. The van der Waals surface area contributed by atoms with Gasteiger partial charge in [0, 0.05) is 23.3 Å². The molecule has 0 radical (unpaired) electrons. The standard InChI is InChI=1S/C23H27FO4/c1-7-16(19(24)9-8-14(2)10-22(25)26)18-11-17-15(3)13-23(4,5)28-21(17)12-20(18)27-6/h8-13H,7H2,1-6H3,(H,25,26). The Morgan fingerprint density at radius 3 is 2.57 bits per heavy atom. The van der Waals surface area contributed by atoms with Crippen molar-refractivity contribution in [3.8, 4) is 11.5 Å². The van der Waals surface area contributed by atoms with Crippen molar-refractivity contribution in [1.82, 2.24) is 0 Å². The number of ether oxygens (including phenoxy) is 2.